The van der Waals surface area contributed by atoms with Crippen LogP contribution in [0.2, 0.25) is 0 Å². The third-order valence-electron chi connectivity index (χ3n) is 3.32. The van der Waals surface area contributed by atoms with Crippen LogP contribution in [0.25, 0.3) is 0 Å². The second-order valence-electron chi connectivity index (χ2n) is 4.56. The van der Waals surface area contributed by atoms with E-state index in [0.29, 0.717) is 6.42 Å². The van der Waals surface area contributed by atoms with E-state index in [1.165, 1.54) is 0 Å². The van der Waals surface area contributed by atoms with Gasteiger partial charge < -0.3 is 10.8 Å². The number of hydrogen-bond donors (Lipinski definition) is 2. The van der Waals surface area contributed by atoms with Gasteiger partial charge in [-0.25, -0.2) is 0 Å². The molecular formula is C14H21NO2. The molecule has 0 radical (unpaired) electrons. The SMILES string of the molecule is CCCCC(CN)(C(=O)O)c1ccc(C)cc1. The van der Waals surface area contributed by atoms with Gasteiger partial charge >= 0.3 is 5.97 Å². The Morgan fingerprint density at radius 2 is 1.94 bits per heavy atom. The van der Waals surface area contributed by atoms with E-state index in [2.05, 4.69) is 6.92 Å². The maximum absolute atomic E-state index is 11.6. The summed E-state index contributed by atoms with van der Waals surface area (Å²) in [6.07, 6.45) is 2.44. The number of benzene rings is 1. The zero-order valence-electron chi connectivity index (χ0n) is 10.6. The summed E-state index contributed by atoms with van der Waals surface area (Å²) in [6.45, 7) is 4.18. The molecule has 0 aliphatic carbocycles. The van der Waals surface area contributed by atoms with Crippen molar-refractivity contribution in [2.24, 2.45) is 5.73 Å². The quantitative estimate of drug-likeness (QED) is 0.796. The second-order valence-corrected chi connectivity index (χ2v) is 4.56. The molecule has 1 aromatic rings. The van der Waals surface area contributed by atoms with Gasteiger partial charge in [-0.2, -0.15) is 0 Å². The lowest BCUT2D eigenvalue weighted by molar-refractivity contribution is -0.143. The van der Waals surface area contributed by atoms with Crippen LogP contribution in [0, 0.1) is 6.92 Å². The first-order valence-electron chi connectivity index (χ1n) is 6.07. The number of unbranched alkanes of at least 4 members (excludes halogenated alkanes) is 1. The summed E-state index contributed by atoms with van der Waals surface area (Å²) in [5, 5.41) is 9.49. The van der Waals surface area contributed by atoms with E-state index in [9.17, 15) is 9.90 Å². The zero-order valence-corrected chi connectivity index (χ0v) is 10.6. The number of hydrogen-bond acceptors (Lipinski definition) is 2. The van der Waals surface area contributed by atoms with Crippen molar-refractivity contribution in [2.45, 2.75) is 38.5 Å². The minimum absolute atomic E-state index is 0.144. The van der Waals surface area contributed by atoms with Gasteiger partial charge in [0.25, 0.3) is 0 Å². The number of carboxylic acid groups (broad SMARTS) is 1. The second kappa shape index (κ2) is 5.82. The molecule has 94 valence electrons. The van der Waals surface area contributed by atoms with Crippen molar-refractivity contribution in [1.82, 2.24) is 0 Å². The predicted octanol–water partition coefficient (Wildman–Crippen LogP) is 2.47. The molecule has 0 aliphatic heterocycles. The molecule has 1 aromatic carbocycles. The largest absolute Gasteiger partial charge is 0.481 e. The Morgan fingerprint density at radius 1 is 1.35 bits per heavy atom. The summed E-state index contributed by atoms with van der Waals surface area (Å²) < 4.78 is 0. The molecule has 0 spiro atoms. The molecule has 1 rings (SSSR count). The predicted molar refractivity (Wildman–Crippen MR) is 69.1 cm³/mol. The van der Waals surface area contributed by atoms with E-state index in [1.807, 2.05) is 31.2 Å². The van der Waals surface area contributed by atoms with Crippen LogP contribution in [0.5, 0.6) is 0 Å². The molecule has 1 unspecified atom stereocenters. The highest BCUT2D eigenvalue weighted by Crippen LogP contribution is 2.29. The van der Waals surface area contributed by atoms with Crippen molar-refractivity contribution < 1.29 is 9.90 Å². The van der Waals surface area contributed by atoms with Crippen LogP contribution in [0.4, 0.5) is 0 Å². The van der Waals surface area contributed by atoms with Crippen molar-refractivity contribution in [3.63, 3.8) is 0 Å². The molecule has 3 N–H and O–H groups in total. The average molecular weight is 235 g/mol. The number of aryl methyl sites for hydroxylation is 1. The fourth-order valence-corrected chi connectivity index (χ4v) is 2.03. The maximum Gasteiger partial charge on any atom is 0.315 e. The van der Waals surface area contributed by atoms with Crippen LogP contribution in [0.3, 0.4) is 0 Å². The Labute approximate surface area is 103 Å². The fraction of sp³-hybridized carbons (Fsp3) is 0.500. The van der Waals surface area contributed by atoms with Gasteiger partial charge in [-0.3, -0.25) is 4.79 Å². The van der Waals surface area contributed by atoms with Crippen molar-refractivity contribution in [3.8, 4) is 0 Å². The molecule has 0 aliphatic rings. The van der Waals surface area contributed by atoms with E-state index in [4.69, 9.17) is 5.73 Å². The molecule has 3 nitrogen and oxygen atoms in total. The fourth-order valence-electron chi connectivity index (χ4n) is 2.03. The highest BCUT2D eigenvalue weighted by Gasteiger charge is 2.38. The lowest BCUT2D eigenvalue weighted by atomic mass is 9.76. The van der Waals surface area contributed by atoms with E-state index < -0.39 is 11.4 Å². The summed E-state index contributed by atoms with van der Waals surface area (Å²) in [5.74, 6) is -0.822. The van der Waals surface area contributed by atoms with Crippen LogP contribution < -0.4 is 5.73 Å². The van der Waals surface area contributed by atoms with Gasteiger partial charge in [-0.05, 0) is 18.9 Å². The average Bonchev–Trinajstić information content (AvgIpc) is 2.32. The van der Waals surface area contributed by atoms with Gasteiger partial charge in [-0.1, -0.05) is 49.6 Å². The van der Waals surface area contributed by atoms with Crippen LogP contribution in [-0.2, 0) is 10.2 Å². The topological polar surface area (TPSA) is 63.3 Å². The Morgan fingerprint density at radius 3 is 2.35 bits per heavy atom. The van der Waals surface area contributed by atoms with Gasteiger partial charge in [0.2, 0.25) is 0 Å². The standard InChI is InChI=1S/C14H21NO2/c1-3-4-9-14(10-15,13(16)17)12-7-5-11(2)6-8-12/h5-8H,3-4,9-10,15H2,1-2H3,(H,16,17). The molecule has 1 atom stereocenters. The van der Waals surface area contributed by atoms with E-state index in [0.717, 1.165) is 24.0 Å². The Bertz CT molecular complexity index is 372. The molecule has 0 saturated heterocycles. The zero-order chi connectivity index (χ0) is 12.9. The molecule has 0 bridgehead atoms. The normalized spacial score (nSPS) is 14.3. The van der Waals surface area contributed by atoms with Crippen LogP contribution in [-0.4, -0.2) is 17.6 Å². The van der Waals surface area contributed by atoms with Crippen molar-refractivity contribution in [2.75, 3.05) is 6.54 Å². The molecule has 0 saturated carbocycles. The van der Waals surface area contributed by atoms with Gasteiger partial charge in [0.1, 0.15) is 5.41 Å². The summed E-state index contributed by atoms with van der Waals surface area (Å²) in [5.41, 5.74) is 6.75. The Hall–Kier alpha value is -1.35. The number of nitrogens with two attached hydrogens (primary N) is 1. The van der Waals surface area contributed by atoms with Crippen LogP contribution in [0.15, 0.2) is 24.3 Å². The third kappa shape index (κ3) is 2.86. The summed E-state index contributed by atoms with van der Waals surface area (Å²) >= 11 is 0. The highest BCUT2D eigenvalue weighted by atomic mass is 16.4. The summed E-state index contributed by atoms with van der Waals surface area (Å²) in [6, 6.07) is 7.64. The monoisotopic (exact) mass is 235 g/mol. The first kappa shape index (κ1) is 13.7. The molecule has 0 heterocycles. The van der Waals surface area contributed by atoms with E-state index in [1.54, 1.807) is 0 Å². The first-order valence-corrected chi connectivity index (χ1v) is 6.07. The molecule has 0 amide bonds. The van der Waals surface area contributed by atoms with Crippen LogP contribution in [0.1, 0.15) is 37.3 Å². The molecule has 0 fully saturated rings. The lowest BCUT2D eigenvalue weighted by Crippen LogP contribution is -2.43. The Kier molecular flexibility index (Phi) is 4.70. The van der Waals surface area contributed by atoms with Crippen molar-refractivity contribution in [3.05, 3.63) is 35.4 Å². The Balaban J connectivity index is 3.12. The first-order chi connectivity index (χ1) is 8.06. The van der Waals surface area contributed by atoms with Crippen molar-refractivity contribution in [1.29, 1.82) is 0 Å². The number of aliphatic carboxylic acids is 1. The van der Waals surface area contributed by atoms with Gasteiger partial charge in [0, 0.05) is 6.54 Å². The van der Waals surface area contributed by atoms with Gasteiger partial charge in [0.15, 0.2) is 0 Å². The molecule has 3 heteroatoms. The smallest absolute Gasteiger partial charge is 0.315 e. The molecule has 17 heavy (non-hydrogen) atoms. The van der Waals surface area contributed by atoms with Gasteiger partial charge in [-0.15, -0.1) is 0 Å². The minimum atomic E-state index is -0.927. The number of rotatable bonds is 6. The number of carbonyl (C=O) groups is 1. The van der Waals surface area contributed by atoms with Crippen LogP contribution >= 0.6 is 0 Å². The summed E-state index contributed by atoms with van der Waals surface area (Å²) in [4.78, 5) is 11.6. The summed E-state index contributed by atoms with van der Waals surface area (Å²) in [7, 11) is 0. The van der Waals surface area contributed by atoms with Gasteiger partial charge in [0.05, 0.1) is 0 Å². The van der Waals surface area contributed by atoms with E-state index in [-0.39, 0.29) is 6.54 Å². The van der Waals surface area contributed by atoms with E-state index >= 15 is 0 Å². The molecule has 0 aromatic heterocycles. The lowest BCUT2D eigenvalue weighted by Gasteiger charge is -2.28. The minimum Gasteiger partial charge on any atom is -0.481 e. The number of carboxylic acids is 1. The third-order valence-corrected chi connectivity index (χ3v) is 3.32. The maximum atomic E-state index is 11.6. The van der Waals surface area contributed by atoms with Crippen molar-refractivity contribution >= 4 is 5.97 Å². The molecular weight excluding hydrogens is 214 g/mol. The highest BCUT2D eigenvalue weighted by molar-refractivity contribution is 5.81.